The van der Waals surface area contributed by atoms with Crippen molar-refractivity contribution in [3.63, 3.8) is 0 Å². The molecule has 0 unspecified atom stereocenters. The van der Waals surface area contributed by atoms with E-state index in [1.54, 1.807) is 36.6 Å². The van der Waals surface area contributed by atoms with Gasteiger partial charge < -0.3 is 18.8 Å². The number of esters is 1. The summed E-state index contributed by atoms with van der Waals surface area (Å²) in [5.74, 6) is -0.801. The topological polar surface area (TPSA) is 56.5 Å². The van der Waals surface area contributed by atoms with E-state index in [2.05, 4.69) is 0 Å². The molecular formula is C25H30FN3O3. The Hall–Kier alpha value is -3.09. The first-order valence-corrected chi connectivity index (χ1v) is 11.3. The van der Waals surface area contributed by atoms with Gasteiger partial charge in [-0.3, -0.25) is 4.79 Å². The Morgan fingerprint density at radius 1 is 1.09 bits per heavy atom. The summed E-state index contributed by atoms with van der Waals surface area (Å²) in [7, 11) is 1.86. The Labute approximate surface area is 187 Å². The van der Waals surface area contributed by atoms with Crippen LogP contribution in [0.3, 0.4) is 0 Å². The van der Waals surface area contributed by atoms with Gasteiger partial charge in [0.05, 0.1) is 17.1 Å². The average molecular weight is 440 g/mol. The summed E-state index contributed by atoms with van der Waals surface area (Å²) in [5.41, 5.74) is 2.63. The number of carbonyl (C=O) groups excluding carboxylic acids is 2. The van der Waals surface area contributed by atoms with Crippen molar-refractivity contribution in [2.24, 2.45) is 0 Å². The largest absolute Gasteiger partial charge is 0.458 e. The minimum absolute atomic E-state index is 0.0254. The molecule has 0 saturated heterocycles. The number of carbonyl (C=O) groups is 2. The molecule has 0 aliphatic heterocycles. The third kappa shape index (κ3) is 4.42. The van der Waals surface area contributed by atoms with E-state index in [1.165, 1.54) is 18.6 Å². The summed E-state index contributed by atoms with van der Waals surface area (Å²) in [5, 5.41) is 0. The highest BCUT2D eigenvalue weighted by Gasteiger charge is 2.26. The fraction of sp³-hybridized carbons (Fsp3) is 0.440. The van der Waals surface area contributed by atoms with Gasteiger partial charge in [-0.05, 0) is 63.1 Å². The lowest BCUT2D eigenvalue weighted by molar-refractivity contribution is -0.133. The quantitative estimate of drug-likeness (QED) is 0.512. The highest BCUT2D eigenvalue weighted by molar-refractivity contribution is 5.96. The Balaban J connectivity index is 1.71. The molecule has 7 heteroatoms. The average Bonchev–Trinajstić information content (AvgIpc) is 3.34. The van der Waals surface area contributed by atoms with E-state index in [1.807, 2.05) is 28.8 Å². The lowest BCUT2D eigenvalue weighted by Gasteiger charge is -2.31. The first-order valence-electron chi connectivity index (χ1n) is 11.3. The second-order valence-electron chi connectivity index (χ2n) is 8.80. The van der Waals surface area contributed by atoms with Crippen LogP contribution in [0, 0.1) is 5.82 Å². The van der Waals surface area contributed by atoms with Crippen LogP contribution in [0.4, 0.5) is 4.39 Å². The molecule has 1 amide bonds. The zero-order valence-corrected chi connectivity index (χ0v) is 18.9. The normalized spacial score (nSPS) is 14.8. The Morgan fingerprint density at radius 3 is 2.44 bits per heavy atom. The Morgan fingerprint density at radius 2 is 1.78 bits per heavy atom. The van der Waals surface area contributed by atoms with Crippen molar-refractivity contribution >= 4 is 22.9 Å². The molecule has 1 aromatic carbocycles. The standard InChI is InChI=1S/C25H30FN3O3/c1-17(2)32-25(31)23-15-22-21(13-14-28(22)20-11-9-18(26)10-12-20)29(23)16-24(30)27(3)19-7-5-4-6-8-19/h9-15,17,19H,4-8,16H2,1-3H3. The van der Waals surface area contributed by atoms with Crippen LogP contribution in [0.5, 0.6) is 0 Å². The summed E-state index contributed by atoms with van der Waals surface area (Å²) in [4.78, 5) is 27.9. The van der Waals surface area contributed by atoms with E-state index in [0.717, 1.165) is 42.4 Å². The van der Waals surface area contributed by atoms with E-state index in [4.69, 9.17) is 4.74 Å². The van der Waals surface area contributed by atoms with E-state index in [0.29, 0.717) is 5.69 Å². The molecule has 0 bridgehead atoms. The van der Waals surface area contributed by atoms with Gasteiger partial charge in [0.15, 0.2) is 0 Å². The van der Waals surface area contributed by atoms with Gasteiger partial charge in [-0.25, -0.2) is 9.18 Å². The molecule has 4 rings (SSSR count). The van der Waals surface area contributed by atoms with E-state index in [-0.39, 0.29) is 30.4 Å². The number of fused-ring (bicyclic) bond motifs is 1. The maximum absolute atomic E-state index is 13.4. The summed E-state index contributed by atoms with van der Waals surface area (Å²) < 4.78 is 22.5. The number of hydrogen-bond donors (Lipinski definition) is 0. The highest BCUT2D eigenvalue weighted by Crippen LogP contribution is 2.27. The Kier molecular flexibility index (Phi) is 6.35. The molecule has 0 spiro atoms. The second-order valence-corrected chi connectivity index (χ2v) is 8.80. The SMILES string of the molecule is CC(C)OC(=O)c1cc2c(ccn2-c2ccc(F)cc2)n1CC(=O)N(C)C1CCCCC1. The monoisotopic (exact) mass is 439 g/mol. The lowest BCUT2D eigenvalue weighted by Crippen LogP contribution is -2.40. The van der Waals surface area contributed by atoms with Crippen molar-refractivity contribution in [3.8, 4) is 5.69 Å². The fourth-order valence-corrected chi connectivity index (χ4v) is 4.50. The fourth-order valence-electron chi connectivity index (χ4n) is 4.50. The van der Waals surface area contributed by atoms with Gasteiger partial charge in [0.2, 0.25) is 5.91 Å². The number of rotatable bonds is 6. The number of amides is 1. The van der Waals surface area contributed by atoms with E-state index >= 15 is 0 Å². The van der Waals surface area contributed by atoms with Crippen LogP contribution < -0.4 is 0 Å². The molecule has 6 nitrogen and oxygen atoms in total. The molecule has 3 aromatic rings. The number of hydrogen-bond acceptors (Lipinski definition) is 3. The van der Waals surface area contributed by atoms with Crippen LogP contribution in [0.2, 0.25) is 0 Å². The van der Waals surface area contributed by atoms with Crippen LogP contribution in [0.1, 0.15) is 56.4 Å². The maximum Gasteiger partial charge on any atom is 0.355 e. The van der Waals surface area contributed by atoms with Gasteiger partial charge in [0.25, 0.3) is 0 Å². The van der Waals surface area contributed by atoms with Gasteiger partial charge in [-0.1, -0.05) is 19.3 Å². The summed E-state index contributed by atoms with van der Waals surface area (Å²) in [6, 6.07) is 10.0. The molecule has 170 valence electrons. The predicted octanol–water partition coefficient (Wildman–Crippen LogP) is 4.93. The van der Waals surface area contributed by atoms with E-state index < -0.39 is 5.97 Å². The van der Waals surface area contributed by atoms with Crippen LogP contribution in [0.15, 0.2) is 42.6 Å². The predicted molar refractivity (Wildman–Crippen MR) is 121 cm³/mol. The van der Waals surface area contributed by atoms with Gasteiger partial charge in [0, 0.05) is 25.0 Å². The molecule has 1 aliphatic carbocycles. The smallest absolute Gasteiger partial charge is 0.355 e. The number of aromatic nitrogens is 2. The first kappa shape index (κ1) is 22.1. The molecular weight excluding hydrogens is 409 g/mol. The molecule has 2 heterocycles. The number of ether oxygens (including phenoxy) is 1. The maximum atomic E-state index is 13.4. The van der Waals surface area contributed by atoms with Gasteiger partial charge in [-0.15, -0.1) is 0 Å². The highest BCUT2D eigenvalue weighted by atomic mass is 19.1. The van der Waals surface area contributed by atoms with Gasteiger partial charge in [-0.2, -0.15) is 0 Å². The summed E-state index contributed by atoms with van der Waals surface area (Å²) in [6.45, 7) is 3.66. The van der Waals surface area contributed by atoms with E-state index in [9.17, 15) is 14.0 Å². The molecule has 32 heavy (non-hydrogen) atoms. The van der Waals surface area contributed by atoms with Crippen LogP contribution in [0.25, 0.3) is 16.7 Å². The van der Waals surface area contributed by atoms with Crippen LogP contribution in [-0.2, 0) is 16.1 Å². The lowest BCUT2D eigenvalue weighted by atomic mass is 9.94. The summed E-state index contributed by atoms with van der Waals surface area (Å²) in [6.07, 6.45) is 7.13. The third-order valence-electron chi connectivity index (χ3n) is 6.22. The molecule has 2 aromatic heterocycles. The van der Waals surface area contributed by atoms with Crippen molar-refractivity contribution in [3.05, 3.63) is 54.1 Å². The van der Waals surface area contributed by atoms with Gasteiger partial charge in [0.1, 0.15) is 18.1 Å². The zero-order valence-electron chi connectivity index (χ0n) is 18.9. The number of nitrogens with zero attached hydrogens (tertiary/aromatic N) is 3. The molecule has 1 saturated carbocycles. The summed E-state index contributed by atoms with van der Waals surface area (Å²) >= 11 is 0. The molecule has 1 aliphatic rings. The molecule has 0 radical (unpaired) electrons. The van der Waals surface area contributed by atoms with Crippen molar-refractivity contribution < 1.29 is 18.7 Å². The minimum Gasteiger partial charge on any atom is -0.458 e. The van der Waals surface area contributed by atoms with Crippen molar-refractivity contribution in [1.82, 2.24) is 14.0 Å². The number of halogens is 1. The first-order chi connectivity index (χ1) is 15.3. The number of likely N-dealkylation sites (N-methyl/N-ethyl adjacent to an activating group) is 1. The van der Waals surface area contributed by atoms with Crippen molar-refractivity contribution in [1.29, 1.82) is 0 Å². The third-order valence-corrected chi connectivity index (χ3v) is 6.22. The van der Waals surface area contributed by atoms with Crippen LogP contribution in [-0.4, -0.2) is 45.1 Å². The zero-order chi connectivity index (χ0) is 22.8. The number of benzene rings is 1. The van der Waals surface area contributed by atoms with Crippen molar-refractivity contribution in [2.75, 3.05) is 7.05 Å². The Bertz CT molecular complexity index is 1110. The van der Waals surface area contributed by atoms with Crippen molar-refractivity contribution in [2.45, 2.75) is 64.6 Å². The molecule has 0 atom stereocenters. The minimum atomic E-state index is -0.463. The molecule has 1 fully saturated rings. The van der Waals surface area contributed by atoms with Gasteiger partial charge >= 0.3 is 5.97 Å². The molecule has 0 N–H and O–H groups in total. The second kappa shape index (κ2) is 9.18. The van der Waals surface area contributed by atoms with Crippen LogP contribution >= 0.6 is 0 Å².